The lowest BCUT2D eigenvalue weighted by Gasteiger charge is -2.57. The van der Waals surface area contributed by atoms with Crippen LogP contribution < -0.4 is 9.80 Å². The summed E-state index contributed by atoms with van der Waals surface area (Å²) >= 11 is 0. The highest BCUT2D eigenvalue weighted by atomic mass is 19.1. The van der Waals surface area contributed by atoms with Crippen LogP contribution in [-0.2, 0) is 0 Å². The second kappa shape index (κ2) is 4.86. The molecule has 0 N–H and O–H groups in total. The normalized spacial score (nSPS) is 23.4. The molecule has 6 nitrogen and oxygen atoms in total. The van der Waals surface area contributed by atoms with E-state index in [-0.39, 0.29) is 17.9 Å². The molecule has 22 heavy (non-hydrogen) atoms. The topological polar surface area (TPSA) is 58.0 Å². The van der Waals surface area contributed by atoms with Crippen LogP contribution in [0.4, 0.5) is 16.0 Å². The molecule has 2 aromatic heterocycles. The Bertz CT molecular complexity index is 709. The summed E-state index contributed by atoms with van der Waals surface area (Å²) in [4.78, 5) is 21.0. The zero-order valence-electron chi connectivity index (χ0n) is 12.6. The van der Waals surface area contributed by atoms with Crippen LogP contribution in [0, 0.1) is 19.7 Å². The standard InChI is InChI=1S/C15H17FN6/c1-9-14(16)15(19-8-18-9)22-11-5-12(22)7-21(6-11)13-3-4-17-10(2)20-13/h3-4,8,11-12H,5-7H2,1-2H3. The van der Waals surface area contributed by atoms with Gasteiger partial charge < -0.3 is 9.80 Å². The van der Waals surface area contributed by atoms with Gasteiger partial charge in [0, 0.05) is 19.3 Å². The number of nitrogens with zero attached hydrogens (tertiary/aromatic N) is 6. The van der Waals surface area contributed by atoms with Crippen LogP contribution in [0.1, 0.15) is 17.9 Å². The number of hydrogen-bond donors (Lipinski definition) is 0. The maximum absolute atomic E-state index is 14.3. The lowest BCUT2D eigenvalue weighted by atomic mass is 9.87. The number of halogens is 1. The van der Waals surface area contributed by atoms with Crippen LogP contribution in [0.15, 0.2) is 18.6 Å². The largest absolute Gasteiger partial charge is 0.352 e. The maximum atomic E-state index is 14.3. The molecule has 3 fully saturated rings. The number of rotatable bonds is 2. The number of piperazine rings is 1. The molecule has 3 aliphatic rings. The van der Waals surface area contributed by atoms with Gasteiger partial charge in [0.1, 0.15) is 18.0 Å². The van der Waals surface area contributed by atoms with Gasteiger partial charge in [-0.1, -0.05) is 0 Å². The molecule has 0 radical (unpaired) electrons. The summed E-state index contributed by atoms with van der Waals surface area (Å²) in [7, 11) is 0. The molecule has 7 heteroatoms. The van der Waals surface area contributed by atoms with Gasteiger partial charge in [-0.3, -0.25) is 0 Å². The van der Waals surface area contributed by atoms with Gasteiger partial charge in [-0.05, 0) is 26.3 Å². The van der Waals surface area contributed by atoms with Crippen LogP contribution in [0.2, 0.25) is 0 Å². The summed E-state index contributed by atoms with van der Waals surface area (Å²) < 4.78 is 14.3. The zero-order valence-corrected chi connectivity index (χ0v) is 12.6. The quantitative estimate of drug-likeness (QED) is 0.837. The molecule has 2 atom stereocenters. The molecule has 2 aromatic rings. The van der Waals surface area contributed by atoms with E-state index in [9.17, 15) is 4.39 Å². The molecular weight excluding hydrogens is 283 g/mol. The van der Waals surface area contributed by atoms with Crippen molar-refractivity contribution in [1.29, 1.82) is 0 Å². The molecule has 0 spiro atoms. The lowest BCUT2D eigenvalue weighted by Crippen LogP contribution is -2.69. The second-order valence-corrected chi connectivity index (χ2v) is 5.91. The Morgan fingerprint density at radius 3 is 2.64 bits per heavy atom. The summed E-state index contributed by atoms with van der Waals surface area (Å²) in [5, 5.41) is 0. The molecule has 5 rings (SSSR count). The summed E-state index contributed by atoms with van der Waals surface area (Å²) in [6.07, 6.45) is 4.29. The molecule has 3 saturated heterocycles. The van der Waals surface area contributed by atoms with Crippen molar-refractivity contribution in [2.45, 2.75) is 32.4 Å². The highest BCUT2D eigenvalue weighted by molar-refractivity contribution is 5.52. The molecule has 0 aliphatic carbocycles. The Balaban J connectivity index is 1.57. The molecule has 5 heterocycles. The Kier molecular flexibility index (Phi) is 2.95. The first kappa shape index (κ1) is 13.4. The van der Waals surface area contributed by atoms with Gasteiger partial charge in [0.25, 0.3) is 0 Å². The maximum Gasteiger partial charge on any atom is 0.186 e. The number of anilines is 2. The zero-order chi connectivity index (χ0) is 15.3. The third-order valence-corrected chi connectivity index (χ3v) is 4.47. The summed E-state index contributed by atoms with van der Waals surface area (Å²) in [5.41, 5.74) is 0.401. The van der Waals surface area contributed by atoms with E-state index >= 15 is 0 Å². The molecule has 2 bridgehead atoms. The Morgan fingerprint density at radius 2 is 1.91 bits per heavy atom. The minimum Gasteiger partial charge on any atom is -0.352 e. The first-order valence-corrected chi connectivity index (χ1v) is 7.43. The van der Waals surface area contributed by atoms with E-state index in [4.69, 9.17) is 0 Å². The fraction of sp³-hybridized carbons (Fsp3) is 0.467. The summed E-state index contributed by atoms with van der Waals surface area (Å²) in [5.74, 6) is 1.85. The number of aromatic nitrogens is 4. The van der Waals surface area contributed by atoms with Gasteiger partial charge in [-0.2, -0.15) is 0 Å². The van der Waals surface area contributed by atoms with E-state index in [1.807, 2.05) is 13.0 Å². The first-order chi connectivity index (χ1) is 10.6. The summed E-state index contributed by atoms with van der Waals surface area (Å²) in [6.45, 7) is 5.22. The van der Waals surface area contributed by atoms with Crippen molar-refractivity contribution in [3.05, 3.63) is 35.9 Å². The molecule has 3 aliphatic heterocycles. The fourth-order valence-corrected chi connectivity index (χ4v) is 3.39. The lowest BCUT2D eigenvalue weighted by molar-refractivity contribution is 0.283. The van der Waals surface area contributed by atoms with E-state index in [2.05, 4.69) is 29.7 Å². The fourth-order valence-electron chi connectivity index (χ4n) is 3.39. The van der Waals surface area contributed by atoms with Crippen molar-refractivity contribution in [1.82, 2.24) is 19.9 Å². The third-order valence-electron chi connectivity index (χ3n) is 4.47. The van der Waals surface area contributed by atoms with Crippen LogP contribution in [0.5, 0.6) is 0 Å². The highest BCUT2D eigenvalue weighted by Crippen LogP contribution is 2.38. The van der Waals surface area contributed by atoms with Gasteiger partial charge in [0.2, 0.25) is 0 Å². The van der Waals surface area contributed by atoms with Crippen molar-refractivity contribution in [2.75, 3.05) is 22.9 Å². The van der Waals surface area contributed by atoms with Crippen molar-refractivity contribution in [3.63, 3.8) is 0 Å². The van der Waals surface area contributed by atoms with E-state index in [0.29, 0.717) is 11.5 Å². The third kappa shape index (κ3) is 2.00. The molecule has 0 aromatic carbocycles. The molecule has 0 amide bonds. The molecule has 2 unspecified atom stereocenters. The van der Waals surface area contributed by atoms with E-state index in [0.717, 1.165) is 31.2 Å². The predicted octanol–water partition coefficient (Wildman–Crippen LogP) is 1.49. The minimum atomic E-state index is -0.302. The molecule has 114 valence electrons. The highest BCUT2D eigenvalue weighted by Gasteiger charge is 2.46. The first-order valence-electron chi connectivity index (χ1n) is 7.43. The SMILES string of the molecule is Cc1nccc(N2CC3CC(C2)N3c2ncnc(C)c2F)n1. The Hall–Kier alpha value is -2.31. The van der Waals surface area contributed by atoms with E-state index in [1.54, 1.807) is 13.1 Å². The Morgan fingerprint density at radius 1 is 1.14 bits per heavy atom. The predicted molar refractivity (Wildman–Crippen MR) is 80.4 cm³/mol. The van der Waals surface area contributed by atoms with Crippen LogP contribution >= 0.6 is 0 Å². The van der Waals surface area contributed by atoms with E-state index < -0.39 is 0 Å². The number of piperidine rings is 1. The van der Waals surface area contributed by atoms with Gasteiger partial charge in [0.05, 0.1) is 17.8 Å². The van der Waals surface area contributed by atoms with Gasteiger partial charge in [-0.25, -0.2) is 24.3 Å². The average Bonchev–Trinajstić information content (AvgIpc) is 2.52. The van der Waals surface area contributed by atoms with Crippen LogP contribution in [-0.4, -0.2) is 45.1 Å². The number of aryl methyl sites for hydroxylation is 2. The van der Waals surface area contributed by atoms with Gasteiger partial charge in [-0.15, -0.1) is 0 Å². The number of fused-ring (bicyclic) bond motifs is 2. The summed E-state index contributed by atoms with van der Waals surface area (Å²) in [6, 6.07) is 2.48. The van der Waals surface area contributed by atoms with Crippen molar-refractivity contribution >= 4 is 11.6 Å². The van der Waals surface area contributed by atoms with Crippen molar-refractivity contribution in [2.24, 2.45) is 0 Å². The average molecular weight is 300 g/mol. The van der Waals surface area contributed by atoms with Crippen molar-refractivity contribution < 1.29 is 4.39 Å². The van der Waals surface area contributed by atoms with Crippen molar-refractivity contribution in [3.8, 4) is 0 Å². The van der Waals surface area contributed by atoms with Gasteiger partial charge in [0.15, 0.2) is 11.6 Å². The Labute approximate surface area is 128 Å². The number of hydrogen-bond acceptors (Lipinski definition) is 6. The molecule has 0 saturated carbocycles. The smallest absolute Gasteiger partial charge is 0.186 e. The van der Waals surface area contributed by atoms with E-state index in [1.165, 1.54) is 6.33 Å². The molecular formula is C15H17FN6. The van der Waals surface area contributed by atoms with Crippen LogP contribution in [0.25, 0.3) is 0 Å². The second-order valence-electron chi connectivity index (χ2n) is 5.91. The van der Waals surface area contributed by atoms with Gasteiger partial charge >= 0.3 is 0 Å². The minimum absolute atomic E-state index is 0.276. The van der Waals surface area contributed by atoms with Crippen LogP contribution in [0.3, 0.4) is 0 Å². The monoisotopic (exact) mass is 300 g/mol.